The van der Waals surface area contributed by atoms with Gasteiger partial charge in [0.15, 0.2) is 0 Å². The second-order valence-electron chi connectivity index (χ2n) is 4.16. The highest BCUT2D eigenvalue weighted by Crippen LogP contribution is 2.15. The first-order chi connectivity index (χ1) is 7.65. The van der Waals surface area contributed by atoms with Gasteiger partial charge in [-0.3, -0.25) is 0 Å². The Hall–Kier alpha value is -1.03. The highest BCUT2D eigenvalue weighted by Gasteiger charge is 2.08. The first-order valence-corrected chi connectivity index (χ1v) is 6.42. The standard InChI is InChI=1S/C12H16BrN3/c1-8(13)7-9(2)14-12-15-10-5-3-4-6-11(10)16-12/h3-6,8-9H,7H2,1-2H3,(H2,14,15,16). The van der Waals surface area contributed by atoms with Crippen molar-refractivity contribution in [1.82, 2.24) is 9.97 Å². The number of benzene rings is 1. The van der Waals surface area contributed by atoms with Gasteiger partial charge in [0.25, 0.3) is 0 Å². The average molecular weight is 282 g/mol. The summed E-state index contributed by atoms with van der Waals surface area (Å²) in [5, 5.41) is 3.37. The zero-order valence-corrected chi connectivity index (χ0v) is 11.1. The minimum atomic E-state index is 0.398. The molecule has 0 bridgehead atoms. The fraction of sp³-hybridized carbons (Fsp3) is 0.417. The molecule has 3 nitrogen and oxygen atoms in total. The molecule has 1 heterocycles. The first kappa shape index (κ1) is 11.5. The van der Waals surface area contributed by atoms with Crippen molar-refractivity contribution in [3.63, 3.8) is 0 Å². The van der Waals surface area contributed by atoms with Gasteiger partial charge >= 0.3 is 0 Å². The number of nitrogens with zero attached hydrogens (tertiary/aromatic N) is 1. The molecule has 0 aliphatic rings. The third-order valence-corrected chi connectivity index (χ3v) is 2.82. The molecule has 0 saturated heterocycles. The Morgan fingerprint density at radius 1 is 1.38 bits per heavy atom. The molecule has 0 aliphatic heterocycles. The maximum atomic E-state index is 4.48. The van der Waals surface area contributed by atoms with E-state index in [0.717, 1.165) is 23.4 Å². The molecular formula is C12H16BrN3. The van der Waals surface area contributed by atoms with Gasteiger partial charge in [0.1, 0.15) is 0 Å². The van der Waals surface area contributed by atoms with Gasteiger partial charge in [-0.15, -0.1) is 0 Å². The van der Waals surface area contributed by atoms with Crippen LogP contribution in [0.2, 0.25) is 0 Å². The lowest BCUT2D eigenvalue weighted by atomic mass is 10.2. The molecule has 4 heteroatoms. The van der Waals surface area contributed by atoms with Crippen molar-refractivity contribution in [3.8, 4) is 0 Å². The molecule has 2 N–H and O–H groups in total. The van der Waals surface area contributed by atoms with Gasteiger partial charge in [0, 0.05) is 10.9 Å². The summed E-state index contributed by atoms with van der Waals surface area (Å²) >= 11 is 3.55. The number of fused-ring (bicyclic) bond motifs is 1. The lowest BCUT2D eigenvalue weighted by molar-refractivity contribution is 0.703. The van der Waals surface area contributed by atoms with Crippen LogP contribution in [0.1, 0.15) is 20.3 Å². The van der Waals surface area contributed by atoms with Gasteiger partial charge < -0.3 is 10.3 Å². The first-order valence-electron chi connectivity index (χ1n) is 5.50. The summed E-state index contributed by atoms with van der Waals surface area (Å²) in [7, 11) is 0. The van der Waals surface area contributed by atoms with Crippen molar-refractivity contribution in [2.75, 3.05) is 5.32 Å². The van der Waals surface area contributed by atoms with E-state index in [9.17, 15) is 0 Å². The van der Waals surface area contributed by atoms with Crippen molar-refractivity contribution in [2.45, 2.75) is 31.1 Å². The number of alkyl halides is 1. The zero-order chi connectivity index (χ0) is 11.5. The predicted octanol–water partition coefficient (Wildman–Crippen LogP) is 3.54. The summed E-state index contributed by atoms with van der Waals surface area (Å²) in [6.45, 7) is 4.31. The minimum absolute atomic E-state index is 0.398. The molecule has 0 spiro atoms. The van der Waals surface area contributed by atoms with Crippen LogP contribution in [0.4, 0.5) is 5.95 Å². The molecule has 2 aromatic rings. The van der Waals surface area contributed by atoms with Crippen LogP contribution in [0.25, 0.3) is 11.0 Å². The van der Waals surface area contributed by atoms with E-state index >= 15 is 0 Å². The number of hydrogen-bond acceptors (Lipinski definition) is 2. The van der Waals surface area contributed by atoms with Gasteiger partial charge in [-0.1, -0.05) is 35.0 Å². The Labute approximate surface area is 104 Å². The highest BCUT2D eigenvalue weighted by molar-refractivity contribution is 9.09. The minimum Gasteiger partial charge on any atom is -0.353 e. The molecule has 0 amide bonds. The zero-order valence-electron chi connectivity index (χ0n) is 9.50. The number of halogens is 1. The Morgan fingerprint density at radius 2 is 2.12 bits per heavy atom. The number of imidazole rings is 1. The summed E-state index contributed by atoms with van der Waals surface area (Å²) in [6.07, 6.45) is 1.07. The van der Waals surface area contributed by atoms with Crippen LogP contribution in [0.15, 0.2) is 24.3 Å². The van der Waals surface area contributed by atoms with Gasteiger partial charge in [-0.05, 0) is 25.5 Å². The van der Waals surface area contributed by atoms with Crippen molar-refractivity contribution >= 4 is 32.9 Å². The average Bonchev–Trinajstić information content (AvgIpc) is 2.57. The van der Waals surface area contributed by atoms with Gasteiger partial charge in [-0.2, -0.15) is 0 Å². The number of rotatable bonds is 4. The topological polar surface area (TPSA) is 40.7 Å². The van der Waals surface area contributed by atoms with Gasteiger partial charge in [0.05, 0.1) is 11.0 Å². The van der Waals surface area contributed by atoms with E-state index in [0.29, 0.717) is 10.9 Å². The molecule has 0 radical (unpaired) electrons. The third-order valence-electron chi connectivity index (χ3n) is 2.45. The molecule has 16 heavy (non-hydrogen) atoms. The van der Waals surface area contributed by atoms with E-state index in [4.69, 9.17) is 0 Å². The lowest BCUT2D eigenvalue weighted by Crippen LogP contribution is -2.19. The number of aromatic nitrogens is 2. The highest BCUT2D eigenvalue weighted by atomic mass is 79.9. The van der Waals surface area contributed by atoms with Crippen molar-refractivity contribution in [1.29, 1.82) is 0 Å². The smallest absolute Gasteiger partial charge is 0.201 e. The quantitative estimate of drug-likeness (QED) is 0.842. The van der Waals surface area contributed by atoms with E-state index in [1.807, 2.05) is 24.3 Å². The van der Waals surface area contributed by atoms with Crippen molar-refractivity contribution < 1.29 is 0 Å². The molecule has 1 aromatic carbocycles. The van der Waals surface area contributed by atoms with E-state index in [-0.39, 0.29) is 0 Å². The summed E-state index contributed by atoms with van der Waals surface area (Å²) in [5.74, 6) is 0.849. The maximum Gasteiger partial charge on any atom is 0.201 e. The van der Waals surface area contributed by atoms with Crippen LogP contribution in [0.3, 0.4) is 0 Å². The number of aromatic amines is 1. The molecule has 86 valence electrons. The summed E-state index contributed by atoms with van der Waals surface area (Å²) in [4.78, 5) is 8.25. The Bertz CT molecular complexity index is 431. The number of anilines is 1. The number of H-pyrrole nitrogens is 1. The molecular weight excluding hydrogens is 266 g/mol. The van der Waals surface area contributed by atoms with Crippen LogP contribution in [-0.2, 0) is 0 Å². The summed E-state index contributed by atoms with van der Waals surface area (Å²) in [6, 6.07) is 8.45. The molecule has 2 unspecified atom stereocenters. The SMILES string of the molecule is CC(Br)CC(C)Nc1nc2ccccc2[nH]1. The molecule has 1 aromatic heterocycles. The van der Waals surface area contributed by atoms with Gasteiger partial charge in [-0.25, -0.2) is 4.98 Å². The summed E-state index contributed by atoms with van der Waals surface area (Å²) in [5.41, 5.74) is 2.08. The monoisotopic (exact) mass is 281 g/mol. The number of hydrogen-bond donors (Lipinski definition) is 2. The molecule has 0 saturated carbocycles. The molecule has 0 aliphatic carbocycles. The van der Waals surface area contributed by atoms with Crippen LogP contribution in [-0.4, -0.2) is 20.8 Å². The van der Waals surface area contributed by atoms with Crippen LogP contribution >= 0.6 is 15.9 Å². The van der Waals surface area contributed by atoms with E-state index in [1.54, 1.807) is 0 Å². The Balaban J connectivity index is 2.09. The number of para-hydroxylation sites is 2. The molecule has 2 rings (SSSR count). The summed E-state index contributed by atoms with van der Waals surface area (Å²) < 4.78 is 0. The fourth-order valence-electron chi connectivity index (χ4n) is 1.80. The second-order valence-corrected chi connectivity index (χ2v) is 5.73. The predicted molar refractivity (Wildman–Crippen MR) is 72.2 cm³/mol. The largest absolute Gasteiger partial charge is 0.353 e. The molecule has 0 fully saturated rings. The van der Waals surface area contributed by atoms with E-state index in [2.05, 4.69) is 45.1 Å². The molecule has 2 atom stereocenters. The van der Waals surface area contributed by atoms with Crippen LogP contribution in [0.5, 0.6) is 0 Å². The van der Waals surface area contributed by atoms with E-state index in [1.165, 1.54) is 0 Å². The number of nitrogens with one attached hydrogen (secondary N) is 2. The van der Waals surface area contributed by atoms with E-state index < -0.39 is 0 Å². The van der Waals surface area contributed by atoms with Crippen molar-refractivity contribution in [3.05, 3.63) is 24.3 Å². The normalized spacial score (nSPS) is 14.9. The lowest BCUT2D eigenvalue weighted by Gasteiger charge is -2.13. The second kappa shape index (κ2) is 4.87. The third kappa shape index (κ3) is 2.76. The fourth-order valence-corrected chi connectivity index (χ4v) is 2.36. The van der Waals surface area contributed by atoms with Crippen LogP contribution < -0.4 is 5.32 Å². The van der Waals surface area contributed by atoms with Crippen molar-refractivity contribution in [2.24, 2.45) is 0 Å². The maximum absolute atomic E-state index is 4.48. The van der Waals surface area contributed by atoms with Crippen LogP contribution in [0, 0.1) is 0 Å². The Morgan fingerprint density at radius 3 is 2.81 bits per heavy atom. The van der Waals surface area contributed by atoms with Gasteiger partial charge in [0.2, 0.25) is 5.95 Å². The Kier molecular flexibility index (Phi) is 3.49.